The van der Waals surface area contributed by atoms with Gasteiger partial charge in [-0.05, 0) is 37.4 Å². The van der Waals surface area contributed by atoms with Crippen LogP contribution >= 0.6 is 0 Å². The van der Waals surface area contributed by atoms with Gasteiger partial charge in [0.2, 0.25) is 11.5 Å². The quantitative estimate of drug-likeness (QED) is 0.659. The van der Waals surface area contributed by atoms with Gasteiger partial charge in [-0.2, -0.15) is 0 Å². The average Bonchev–Trinajstić information content (AvgIpc) is 3.35. The van der Waals surface area contributed by atoms with Crippen LogP contribution in [-0.2, 0) is 12.8 Å². The highest BCUT2D eigenvalue weighted by Gasteiger charge is 2.26. The van der Waals surface area contributed by atoms with Crippen LogP contribution in [0.3, 0.4) is 0 Å². The maximum atomic E-state index is 13.1. The SMILES string of the molecule is CCc1cc2c(c3on4c(=O)c(N[C@@H]5CCCN(CCO)C5)nnc4c13)CCO2. The van der Waals surface area contributed by atoms with Crippen molar-refractivity contribution in [3.05, 3.63) is 27.5 Å². The molecule has 0 spiro atoms. The minimum atomic E-state index is -0.333. The van der Waals surface area contributed by atoms with Crippen molar-refractivity contribution in [2.45, 2.75) is 38.6 Å². The number of rotatable bonds is 5. The first-order chi connectivity index (χ1) is 14.2. The van der Waals surface area contributed by atoms with Gasteiger partial charge >= 0.3 is 5.56 Å². The van der Waals surface area contributed by atoms with E-state index in [-0.39, 0.29) is 24.0 Å². The Morgan fingerprint density at radius 2 is 2.28 bits per heavy atom. The van der Waals surface area contributed by atoms with Crippen molar-refractivity contribution in [2.75, 3.05) is 38.2 Å². The van der Waals surface area contributed by atoms with Gasteiger partial charge in [0.25, 0.3) is 0 Å². The molecular weight excluding hydrogens is 374 g/mol. The summed E-state index contributed by atoms with van der Waals surface area (Å²) >= 11 is 0. The van der Waals surface area contributed by atoms with Gasteiger partial charge in [0.1, 0.15) is 5.75 Å². The van der Waals surface area contributed by atoms with E-state index in [1.807, 2.05) is 6.07 Å². The number of piperidine rings is 1. The third kappa shape index (κ3) is 3.05. The third-order valence-electron chi connectivity index (χ3n) is 5.91. The van der Waals surface area contributed by atoms with Crippen molar-refractivity contribution >= 4 is 22.4 Å². The van der Waals surface area contributed by atoms with Gasteiger partial charge in [-0.1, -0.05) is 6.92 Å². The number of β-amino-alcohol motifs (C(OH)–C–C–N with tert-alkyl or cyclic N) is 1. The van der Waals surface area contributed by atoms with Gasteiger partial charge in [0, 0.05) is 31.1 Å². The Kier molecular flexibility index (Phi) is 4.63. The average molecular weight is 399 g/mol. The minimum absolute atomic E-state index is 0.0866. The zero-order chi connectivity index (χ0) is 20.0. The molecule has 1 aromatic carbocycles. The zero-order valence-corrected chi connectivity index (χ0v) is 16.5. The molecule has 29 heavy (non-hydrogen) atoms. The highest BCUT2D eigenvalue weighted by molar-refractivity contribution is 5.96. The van der Waals surface area contributed by atoms with E-state index in [0.29, 0.717) is 24.4 Å². The van der Waals surface area contributed by atoms with Crippen molar-refractivity contribution in [3.63, 3.8) is 0 Å². The molecule has 0 radical (unpaired) electrons. The summed E-state index contributed by atoms with van der Waals surface area (Å²) in [5.74, 6) is 1.03. The van der Waals surface area contributed by atoms with Crippen molar-refractivity contribution in [2.24, 2.45) is 0 Å². The van der Waals surface area contributed by atoms with Crippen molar-refractivity contribution in [1.29, 1.82) is 0 Å². The number of aliphatic hydroxyl groups excluding tert-OH is 1. The lowest BCUT2D eigenvalue weighted by Crippen LogP contribution is -2.44. The summed E-state index contributed by atoms with van der Waals surface area (Å²) in [6, 6.07) is 2.11. The Hall–Kier alpha value is -2.65. The van der Waals surface area contributed by atoms with Crippen LogP contribution in [-0.4, -0.2) is 63.7 Å². The van der Waals surface area contributed by atoms with Gasteiger partial charge < -0.3 is 19.7 Å². The monoisotopic (exact) mass is 399 g/mol. The van der Waals surface area contributed by atoms with Crippen molar-refractivity contribution in [1.82, 2.24) is 19.7 Å². The van der Waals surface area contributed by atoms with Crippen molar-refractivity contribution in [3.8, 4) is 5.75 Å². The fourth-order valence-corrected chi connectivity index (χ4v) is 4.48. The number of anilines is 1. The number of fused-ring (bicyclic) bond motifs is 5. The first-order valence-electron chi connectivity index (χ1n) is 10.3. The maximum absolute atomic E-state index is 13.1. The Labute approximate surface area is 167 Å². The normalized spacial score (nSPS) is 19.6. The predicted octanol–water partition coefficient (Wildman–Crippen LogP) is 1.20. The van der Waals surface area contributed by atoms with E-state index in [2.05, 4.69) is 27.3 Å². The van der Waals surface area contributed by atoms with Gasteiger partial charge in [-0.3, -0.25) is 9.69 Å². The number of hydrogen-bond donors (Lipinski definition) is 2. The first kappa shape index (κ1) is 18.4. The Bertz CT molecular complexity index is 1120. The second-order valence-corrected chi connectivity index (χ2v) is 7.74. The third-order valence-corrected chi connectivity index (χ3v) is 5.91. The predicted molar refractivity (Wildman–Crippen MR) is 108 cm³/mol. The standard InChI is InChI=1S/C20H25N5O4/c1-2-12-10-15-14(5-9-28-15)17-16(12)19-23-22-18(20(27)25(19)29-17)21-13-4-3-6-24(11-13)7-8-26/h10,13,26H,2-9,11H2,1H3,(H,21,22)/t13-/m1/s1. The second kappa shape index (κ2) is 7.31. The number of benzene rings is 1. The van der Waals surface area contributed by atoms with Crippen LogP contribution in [0, 0.1) is 0 Å². The highest BCUT2D eigenvalue weighted by Crippen LogP contribution is 2.37. The minimum Gasteiger partial charge on any atom is -0.493 e. The molecule has 0 amide bonds. The van der Waals surface area contributed by atoms with Crippen LogP contribution < -0.4 is 15.6 Å². The molecule has 2 N–H and O–H groups in total. The smallest absolute Gasteiger partial charge is 0.330 e. The molecule has 1 atom stereocenters. The molecular formula is C20H25N5O4. The van der Waals surface area contributed by atoms with E-state index in [1.54, 1.807) is 0 Å². The molecule has 1 saturated heterocycles. The summed E-state index contributed by atoms with van der Waals surface area (Å²) < 4.78 is 13.0. The molecule has 2 aliphatic heterocycles. The fourth-order valence-electron chi connectivity index (χ4n) is 4.48. The van der Waals surface area contributed by atoms with E-state index in [4.69, 9.17) is 9.26 Å². The Balaban J connectivity index is 1.55. The van der Waals surface area contributed by atoms with E-state index < -0.39 is 0 Å². The van der Waals surface area contributed by atoms with Gasteiger partial charge in [-0.25, -0.2) is 0 Å². The summed E-state index contributed by atoms with van der Waals surface area (Å²) in [5.41, 5.74) is 2.82. The number of nitrogens with zero attached hydrogens (tertiary/aromatic N) is 4. The summed E-state index contributed by atoms with van der Waals surface area (Å²) in [6.45, 7) is 5.16. The molecule has 9 nitrogen and oxygen atoms in total. The molecule has 0 aliphatic carbocycles. The maximum Gasteiger partial charge on any atom is 0.330 e. The molecule has 5 rings (SSSR count). The Morgan fingerprint density at radius 1 is 1.38 bits per heavy atom. The molecule has 4 heterocycles. The lowest BCUT2D eigenvalue weighted by Gasteiger charge is -2.32. The molecule has 154 valence electrons. The largest absolute Gasteiger partial charge is 0.493 e. The summed E-state index contributed by atoms with van der Waals surface area (Å²) in [6.07, 6.45) is 3.48. The van der Waals surface area contributed by atoms with Crippen LogP contribution in [0.5, 0.6) is 5.75 Å². The number of nitrogens with one attached hydrogen (secondary N) is 1. The number of ether oxygens (including phenoxy) is 1. The number of likely N-dealkylation sites (tertiary alicyclic amines) is 1. The van der Waals surface area contributed by atoms with Crippen molar-refractivity contribution < 1.29 is 14.4 Å². The lowest BCUT2D eigenvalue weighted by molar-refractivity contribution is 0.166. The molecule has 2 aromatic heterocycles. The molecule has 0 bridgehead atoms. The van der Waals surface area contributed by atoms with E-state index in [1.165, 1.54) is 4.57 Å². The van der Waals surface area contributed by atoms with Crippen LogP contribution in [0.15, 0.2) is 15.4 Å². The molecule has 0 saturated carbocycles. The fraction of sp³-hybridized carbons (Fsp3) is 0.550. The number of aryl methyl sites for hydroxylation is 1. The van der Waals surface area contributed by atoms with Gasteiger partial charge in [0.15, 0.2) is 5.58 Å². The van der Waals surface area contributed by atoms with Crippen LogP contribution in [0.4, 0.5) is 5.82 Å². The van der Waals surface area contributed by atoms with Crippen LogP contribution in [0.1, 0.15) is 30.9 Å². The molecule has 3 aromatic rings. The summed E-state index contributed by atoms with van der Waals surface area (Å²) in [7, 11) is 0. The topological polar surface area (TPSA) is 105 Å². The summed E-state index contributed by atoms with van der Waals surface area (Å²) in [5, 5.41) is 21.8. The number of hydrogen-bond acceptors (Lipinski definition) is 8. The zero-order valence-electron chi connectivity index (χ0n) is 16.5. The first-order valence-corrected chi connectivity index (χ1v) is 10.3. The van der Waals surface area contributed by atoms with Gasteiger partial charge in [-0.15, -0.1) is 14.8 Å². The van der Waals surface area contributed by atoms with E-state index >= 15 is 0 Å². The number of aliphatic hydroxyl groups is 1. The van der Waals surface area contributed by atoms with Crippen LogP contribution in [0.2, 0.25) is 0 Å². The summed E-state index contributed by atoms with van der Waals surface area (Å²) in [4.78, 5) is 15.3. The molecule has 2 aliphatic rings. The Morgan fingerprint density at radius 3 is 3.10 bits per heavy atom. The van der Waals surface area contributed by atoms with E-state index in [9.17, 15) is 9.90 Å². The second-order valence-electron chi connectivity index (χ2n) is 7.74. The van der Waals surface area contributed by atoms with Gasteiger partial charge in [0.05, 0.1) is 18.6 Å². The number of aromatic nitrogens is 3. The highest BCUT2D eigenvalue weighted by atomic mass is 16.5. The molecule has 1 fully saturated rings. The molecule has 0 unspecified atom stereocenters. The lowest BCUT2D eigenvalue weighted by atomic mass is 10.0. The van der Waals surface area contributed by atoms with Crippen LogP contribution in [0.25, 0.3) is 16.6 Å². The van der Waals surface area contributed by atoms with E-state index in [0.717, 1.165) is 61.0 Å². The molecule has 9 heteroatoms.